The fourth-order valence-electron chi connectivity index (χ4n) is 3.65. The summed E-state index contributed by atoms with van der Waals surface area (Å²) in [5.41, 5.74) is -2.33. The van der Waals surface area contributed by atoms with Crippen molar-refractivity contribution >= 4 is 11.9 Å². The number of rotatable bonds is 3. The third kappa shape index (κ3) is 1.91. The summed E-state index contributed by atoms with van der Waals surface area (Å²) in [6.45, 7) is 9.32. The van der Waals surface area contributed by atoms with Crippen LogP contribution in [0.25, 0.3) is 0 Å². The van der Waals surface area contributed by atoms with Gasteiger partial charge in [0.1, 0.15) is 0 Å². The Hall–Kier alpha value is -1.06. The van der Waals surface area contributed by atoms with Gasteiger partial charge in [-0.2, -0.15) is 0 Å². The van der Waals surface area contributed by atoms with Crippen molar-refractivity contribution in [2.24, 2.45) is 22.2 Å². The normalized spacial score (nSPS) is 36.6. The zero-order chi connectivity index (χ0) is 14.4. The topological polar surface area (TPSA) is 74.6 Å². The minimum atomic E-state index is -0.950. The number of carbonyl (C=O) groups is 2. The molecule has 1 fully saturated rings. The molecule has 4 nitrogen and oxygen atoms in total. The van der Waals surface area contributed by atoms with Gasteiger partial charge in [-0.15, -0.1) is 0 Å². The zero-order valence-corrected chi connectivity index (χ0v) is 11.9. The molecule has 0 amide bonds. The summed E-state index contributed by atoms with van der Waals surface area (Å²) in [7, 11) is 0. The van der Waals surface area contributed by atoms with Crippen molar-refractivity contribution in [3.8, 4) is 0 Å². The van der Waals surface area contributed by atoms with E-state index in [-0.39, 0.29) is 12.3 Å². The van der Waals surface area contributed by atoms with Crippen LogP contribution >= 0.6 is 0 Å². The summed E-state index contributed by atoms with van der Waals surface area (Å²) in [5.74, 6) is -1.82. The molecular weight excluding hydrogens is 232 g/mol. The Morgan fingerprint density at radius 3 is 1.94 bits per heavy atom. The van der Waals surface area contributed by atoms with Gasteiger partial charge in [-0.3, -0.25) is 9.59 Å². The Bertz CT molecular complexity index is 368. The van der Waals surface area contributed by atoms with Crippen molar-refractivity contribution in [1.82, 2.24) is 0 Å². The van der Waals surface area contributed by atoms with Crippen LogP contribution in [0.15, 0.2) is 0 Å². The second-order valence-electron chi connectivity index (χ2n) is 6.88. The maximum absolute atomic E-state index is 11.9. The van der Waals surface area contributed by atoms with E-state index in [9.17, 15) is 19.8 Å². The van der Waals surface area contributed by atoms with Crippen LogP contribution in [0, 0.1) is 22.2 Å². The molecule has 18 heavy (non-hydrogen) atoms. The van der Waals surface area contributed by atoms with Crippen molar-refractivity contribution in [2.75, 3.05) is 0 Å². The molecular formula is C14H24O4. The van der Waals surface area contributed by atoms with E-state index in [0.717, 1.165) is 0 Å². The molecule has 0 aromatic heterocycles. The van der Waals surface area contributed by atoms with E-state index >= 15 is 0 Å². The number of carboxylic acid groups (broad SMARTS) is 2. The van der Waals surface area contributed by atoms with E-state index in [1.54, 1.807) is 6.92 Å². The van der Waals surface area contributed by atoms with E-state index in [4.69, 9.17) is 0 Å². The van der Waals surface area contributed by atoms with Gasteiger partial charge in [0.05, 0.1) is 10.8 Å². The summed E-state index contributed by atoms with van der Waals surface area (Å²) in [4.78, 5) is 23.3. The molecule has 0 radical (unpaired) electrons. The van der Waals surface area contributed by atoms with Gasteiger partial charge < -0.3 is 10.2 Å². The largest absolute Gasteiger partial charge is 0.481 e. The van der Waals surface area contributed by atoms with E-state index in [1.165, 1.54) is 0 Å². The Balaban J connectivity index is 3.35. The number of carboxylic acids is 2. The van der Waals surface area contributed by atoms with Crippen molar-refractivity contribution in [3.05, 3.63) is 0 Å². The van der Waals surface area contributed by atoms with Crippen LogP contribution in [0.1, 0.15) is 53.9 Å². The maximum atomic E-state index is 11.9. The lowest BCUT2D eigenvalue weighted by molar-refractivity contribution is -0.161. The van der Waals surface area contributed by atoms with Crippen LogP contribution in [0.4, 0.5) is 0 Å². The molecule has 0 bridgehead atoms. The second-order valence-corrected chi connectivity index (χ2v) is 6.88. The van der Waals surface area contributed by atoms with E-state index in [2.05, 4.69) is 0 Å². The SMILES string of the molecule is CCC1CC(C)(C(=O)O)CC1(C(=O)O)C(C)(C)C. The minimum Gasteiger partial charge on any atom is -0.481 e. The average Bonchev–Trinajstić information content (AvgIpc) is 2.53. The number of aliphatic carboxylic acids is 2. The Morgan fingerprint density at radius 1 is 1.22 bits per heavy atom. The third-order valence-corrected chi connectivity index (χ3v) is 4.79. The Labute approximate surface area is 108 Å². The molecule has 1 aliphatic carbocycles. The first-order valence-corrected chi connectivity index (χ1v) is 6.48. The summed E-state index contributed by atoms with van der Waals surface area (Å²) in [6.07, 6.45) is 1.36. The monoisotopic (exact) mass is 256 g/mol. The van der Waals surface area contributed by atoms with Gasteiger partial charge in [0, 0.05) is 0 Å². The average molecular weight is 256 g/mol. The standard InChI is InChI=1S/C14H24O4/c1-6-9-7-13(5,10(15)16)8-14(9,11(17)18)12(2,3)4/h9H,6-8H2,1-5H3,(H,15,16)(H,17,18). The highest BCUT2D eigenvalue weighted by molar-refractivity contribution is 5.81. The first-order chi connectivity index (χ1) is 8.01. The van der Waals surface area contributed by atoms with Crippen molar-refractivity contribution in [2.45, 2.75) is 53.9 Å². The molecule has 1 saturated carbocycles. The maximum Gasteiger partial charge on any atom is 0.310 e. The van der Waals surface area contributed by atoms with Gasteiger partial charge in [-0.25, -0.2) is 0 Å². The minimum absolute atomic E-state index is 0.0869. The summed E-state index contributed by atoms with van der Waals surface area (Å²) >= 11 is 0. The predicted octanol–water partition coefficient (Wildman–Crippen LogP) is 3.01. The Morgan fingerprint density at radius 2 is 1.72 bits per heavy atom. The van der Waals surface area contributed by atoms with Gasteiger partial charge >= 0.3 is 11.9 Å². The lowest BCUT2D eigenvalue weighted by Crippen LogP contribution is -2.46. The van der Waals surface area contributed by atoms with Gasteiger partial charge in [0.25, 0.3) is 0 Å². The van der Waals surface area contributed by atoms with Crippen molar-refractivity contribution < 1.29 is 19.8 Å². The lowest BCUT2D eigenvalue weighted by Gasteiger charge is -2.43. The molecule has 0 saturated heterocycles. The highest BCUT2D eigenvalue weighted by Crippen LogP contribution is 2.62. The fourth-order valence-corrected chi connectivity index (χ4v) is 3.65. The summed E-state index contributed by atoms with van der Waals surface area (Å²) < 4.78 is 0. The van der Waals surface area contributed by atoms with Crippen LogP contribution in [0.3, 0.4) is 0 Å². The number of hydrogen-bond donors (Lipinski definition) is 2. The van der Waals surface area contributed by atoms with Crippen LogP contribution < -0.4 is 0 Å². The van der Waals surface area contributed by atoms with Crippen LogP contribution in [0.2, 0.25) is 0 Å². The Kier molecular flexibility index (Phi) is 3.54. The van der Waals surface area contributed by atoms with Gasteiger partial charge in [0.15, 0.2) is 0 Å². The van der Waals surface area contributed by atoms with Crippen LogP contribution in [-0.2, 0) is 9.59 Å². The molecule has 1 aliphatic rings. The summed E-state index contributed by atoms with van der Waals surface area (Å²) in [6, 6.07) is 0. The second kappa shape index (κ2) is 4.25. The lowest BCUT2D eigenvalue weighted by atomic mass is 9.59. The summed E-state index contributed by atoms with van der Waals surface area (Å²) in [5, 5.41) is 19.1. The van der Waals surface area contributed by atoms with E-state index in [1.807, 2.05) is 27.7 Å². The first kappa shape index (κ1) is 15.0. The predicted molar refractivity (Wildman–Crippen MR) is 68.3 cm³/mol. The van der Waals surface area contributed by atoms with Crippen LogP contribution in [-0.4, -0.2) is 22.2 Å². The highest BCUT2D eigenvalue weighted by Gasteiger charge is 2.63. The quantitative estimate of drug-likeness (QED) is 0.814. The molecule has 2 N–H and O–H groups in total. The van der Waals surface area contributed by atoms with E-state index in [0.29, 0.717) is 12.8 Å². The molecule has 0 aromatic rings. The zero-order valence-electron chi connectivity index (χ0n) is 11.9. The highest BCUT2D eigenvalue weighted by atomic mass is 16.4. The molecule has 3 atom stereocenters. The molecule has 4 heteroatoms. The number of hydrogen-bond acceptors (Lipinski definition) is 2. The van der Waals surface area contributed by atoms with Crippen LogP contribution in [0.5, 0.6) is 0 Å². The molecule has 0 spiro atoms. The molecule has 0 heterocycles. The van der Waals surface area contributed by atoms with Crippen molar-refractivity contribution in [1.29, 1.82) is 0 Å². The van der Waals surface area contributed by atoms with Gasteiger partial charge in [0.2, 0.25) is 0 Å². The smallest absolute Gasteiger partial charge is 0.310 e. The first-order valence-electron chi connectivity index (χ1n) is 6.48. The molecule has 104 valence electrons. The molecule has 1 rings (SSSR count). The third-order valence-electron chi connectivity index (χ3n) is 4.79. The van der Waals surface area contributed by atoms with Crippen molar-refractivity contribution in [3.63, 3.8) is 0 Å². The van der Waals surface area contributed by atoms with Gasteiger partial charge in [-0.05, 0) is 31.1 Å². The molecule has 3 unspecified atom stereocenters. The van der Waals surface area contributed by atoms with E-state index < -0.39 is 28.2 Å². The fraction of sp³-hybridized carbons (Fsp3) is 0.857. The molecule has 0 aliphatic heterocycles. The van der Waals surface area contributed by atoms with Gasteiger partial charge in [-0.1, -0.05) is 34.1 Å². The molecule has 0 aromatic carbocycles.